The van der Waals surface area contributed by atoms with Crippen molar-refractivity contribution in [2.24, 2.45) is 0 Å². The second-order valence-electron chi connectivity index (χ2n) is 8.25. The van der Waals surface area contributed by atoms with E-state index in [2.05, 4.69) is 15.2 Å². The summed E-state index contributed by atoms with van der Waals surface area (Å²) in [6.07, 6.45) is 0.444. The molecule has 0 radical (unpaired) electrons. The van der Waals surface area contributed by atoms with Crippen LogP contribution in [-0.2, 0) is 11.3 Å². The van der Waals surface area contributed by atoms with Crippen molar-refractivity contribution in [1.29, 1.82) is 0 Å². The van der Waals surface area contributed by atoms with Gasteiger partial charge in [0.25, 0.3) is 5.89 Å². The van der Waals surface area contributed by atoms with Gasteiger partial charge in [-0.25, -0.2) is 0 Å². The van der Waals surface area contributed by atoms with Crippen LogP contribution in [-0.4, -0.2) is 49.9 Å². The molecular weight excluding hydrogens is 418 g/mol. The first-order valence-corrected chi connectivity index (χ1v) is 11.0. The molecule has 2 aromatic heterocycles. The van der Waals surface area contributed by atoms with Crippen LogP contribution < -0.4 is 4.74 Å². The van der Waals surface area contributed by atoms with E-state index in [1.165, 1.54) is 0 Å². The van der Waals surface area contributed by atoms with E-state index in [1.54, 1.807) is 0 Å². The lowest BCUT2D eigenvalue weighted by molar-refractivity contribution is -0.140. The number of amides is 1. The second-order valence-corrected chi connectivity index (χ2v) is 8.25. The lowest BCUT2D eigenvalue weighted by atomic mass is 10.1. The standard InChI is InChI=1S/C25H25N5O3/c1-17-14-18(2)30(27-17)13-12-23(31)29-15-22(16-29)32-21-10-8-20(9-11-21)25-26-24(28-33-25)19-6-4-3-5-7-19/h3-11,14,22H,12-13,15-16H2,1-2H3. The van der Waals surface area contributed by atoms with E-state index >= 15 is 0 Å². The molecule has 4 aromatic rings. The predicted molar refractivity (Wildman–Crippen MR) is 122 cm³/mol. The average Bonchev–Trinajstić information content (AvgIpc) is 3.41. The molecule has 8 nitrogen and oxygen atoms in total. The summed E-state index contributed by atoms with van der Waals surface area (Å²) in [6, 6.07) is 19.3. The van der Waals surface area contributed by atoms with Gasteiger partial charge in [-0.2, -0.15) is 10.1 Å². The molecule has 2 aromatic carbocycles. The summed E-state index contributed by atoms with van der Waals surface area (Å²) in [5.74, 6) is 1.90. The number of hydrogen-bond donors (Lipinski definition) is 0. The molecule has 0 bridgehead atoms. The minimum absolute atomic E-state index is 0.00146. The topological polar surface area (TPSA) is 86.3 Å². The van der Waals surface area contributed by atoms with Crippen molar-refractivity contribution < 1.29 is 14.1 Å². The molecule has 1 saturated heterocycles. The highest BCUT2D eigenvalue weighted by Crippen LogP contribution is 2.25. The summed E-state index contributed by atoms with van der Waals surface area (Å²) in [6.45, 7) is 5.76. The molecule has 1 aliphatic rings. The van der Waals surface area contributed by atoms with Gasteiger partial charge in [-0.3, -0.25) is 9.48 Å². The number of nitrogens with zero attached hydrogens (tertiary/aromatic N) is 5. The molecule has 0 unspecified atom stereocenters. The second kappa shape index (κ2) is 8.90. The number of rotatable bonds is 7. The van der Waals surface area contributed by atoms with Crippen LogP contribution in [0.15, 0.2) is 65.2 Å². The minimum atomic E-state index is 0.00146. The van der Waals surface area contributed by atoms with Crippen molar-refractivity contribution in [2.75, 3.05) is 13.1 Å². The third kappa shape index (κ3) is 4.64. The maximum atomic E-state index is 12.4. The molecule has 0 saturated carbocycles. The van der Waals surface area contributed by atoms with E-state index in [9.17, 15) is 4.79 Å². The van der Waals surface area contributed by atoms with Gasteiger partial charge < -0.3 is 14.2 Å². The molecule has 0 spiro atoms. The highest BCUT2D eigenvalue weighted by atomic mass is 16.5. The minimum Gasteiger partial charge on any atom is -0.487 e. The molecule has 1 amide bonds. The van der Waals surface area contributed by atoms with Gasteiger partial charge in [0.15, 0.2) is 0 Å². The molecule has 33 heavy (non-hydrogen) atoms. The van der Waals surface area contributed by atoms with E-state index in [1.807, 2.05) is 84.1 Å². The summed E-state index contributed by atoms with van der Waals surface area (Å²) < 4.78 is 13.3. The first kappa shape index (κ1) is 20.9. The smallest absolute Gasteiger partial charge is 0.258 e. The lowest BCUT2D eigenvalue weighted by Gasteiger charge is -2.39. The molecular formula is C25H25N5O3. The number of benzene rings is 2. The molecule has 0 aliphatic carbocycles. The number of aryl methyl sites for hydroxylation is 3. The van der Waals surface area contributed by atoms with Gasteiger partial charge in [0.05, 0.1) is 18.8 Å². The summed E-state index contributed by atoms with van der Waals surface area (Å²) in [5, 5.41) is 8.47. The third-order valence-corrected chi connectivity index (χ3v) is 5.70. The van der Waals surface area contributed by atoms with Crippen molar-refractivity contribution in [2.45, 2.75) is 32.9 Å². The number of likely N-dealkylation sites (tertiary alicyclic amines) is 1. The number of carbonyl (C=O) groups excluding carboxylic acids is 1. The van der Waals surface area contributed by atoms with Crippen LogP contribution in [0.4, 0.5) is 0 Å². The Balaban J connectivity index is 1.11. The van der Waals surface area contributed by atoms with Crippen LogP contribution >= 0.6 is 0 Å². The van der Waals surface area contributed by atoms with E-state index in [0.29, 0.717) is 37.8 Å². The van der Waals surface area contributed by atoms with Gasteiger partial charge >= 0.3 is 0 Å². The molecule has 168 valence electrons. The molecule has 3 heterocycles. The molecule has 0 N–H and O–H groups in total. The molecule has 5 rings (SSSR count). The summed E-state index contributed by atoms with van der Waals surface area (Å²) in [5.41, 5.74) is 3.78. The molecule has 1 fully saturated rings. The van der Waals surface area contributed by atoms with Crippen LogP contribution in [0.3, 0.4) is 0 Å². The Kier molecular flexibility index (Phi) is 5.64. The Labute approximate surface area is 191 Å². The molecule has 0 atom stereocenters. The maximum Gasteiger partial charge on any atom is 0.258 e. The average molecular weight is 444 g/mol. The first-order valence-electron chi connectivity index (χ1n) is 11.0. The SMILES string of the molecule is Cc1cc(C)n(CCC(=O)N2CC(Oc3ccc(-c4nc(-c5ccccc5)no4)cc3)C2)n1. The van der Waals surface area contributed by atoms with Gasteiger partial charge in [0, 0.05) is 29.8 Å². The van der Waals surface area contributed by atoms with E-state index < -0.39 is 0 Å². The highest BCUT2D eigenvalue weighted by molar-refractivity contribution is 5.77. The van der Waals surface area contributed by atoms with Crippen molar-refractivity contribution in [3.63, 3.8) is 0 Å². The zero-order chi connectivity index (χ0) is 22.8. The van der Waals surface area contributed by atoms with Gasteiger partial charge in [-0.05, 0) is 44.2 Å². The number of aromatic nitrogens is 4. The quantitative estimate of drug-likeness (QED) is 0.431. The normalized spacial score (nSPS) is 13.7. The highest BCUT2D eigenvalue weighted by Gasteiger charge is 2.32. The number of hydrogen-bond acceptors (Lipinski definition) is 6. The van der Waals surface area contributed by atoms with Crippen molar-refractivity contribution in [1.82, 2.24) is 24.8 Å². The van der Waals surface area contributed by atoms with Crippen LogP contribution in [0.2, 0.25) is 0 Å². The third-order valence-electron chi connectivity index (χ3n) is 5.70. The number of carbonyl (C=O) groups is 1. The van der Waals surface area contributed by atoms with E-state index in [-0.39, 0.29) is 12.0 Å². The Morgan fingerprint density at radius 2 is 1.82 bits per heavy atom. The molecule has 8 heteroatoms. The van der Waals surface area contributed by atoms with Crippen LogP contribution in [0.5, 0.6) is 5.75 Å². The van der Waals surface area contributed by atoms with Gasteiger partial charge in [0.1, 0.15) is 11.9 Å². The fourth-order valence-electron chi connectivity index (χ4n) is 3.89. The van der Waals surface area contributed by atoms with Crippen LogP contribution in [0.1, 0.15) is 17.8 Å². The van der Waals surface area contributed by atoms with E-state index in [4.69, 9.17) is 9.26 Å². The predicted octanol–water partition coefficient (Wildman–Crippen LogP) is 3.90. The monoisotopic (exact) mass is 443 g/mol. The Morgan fingerprint density at radius 1 is 1.06 bits per heavy atom. The summed E-state index contributed by atoms with van der Waals surface area (Å²) in [4.78, 5) is 18.7. The van der Waals surface area contributed by atoms with Crippen LogP contribution in [0.25, 0.3) is 22.8 Å². The van der Waals surface area contributed by atoms with Crippen molar-refractivity contribution in [3.05, 3.63) is 72.1 Å². The molecule has 1 aliphatic heterocycles. The van der Waals surface area contributed by atoms with Gasteiger partial charge in [0.2, 0.25) is 11.7 Å². The van der Waals surface area contributed by atoms with Gasteiger partial charge in [-0.15, -0.1) is 0 Å². The van der Waals surface area contributed by atoms with Crippen molar-refractivity contribution >= 4 is 5.91 Å². The zero-order valence-corrected chi connectivity index (χ0v) is 18.6. The Bertz CT molecular complexity index is 1240. The maximum absolute atomic E-state index is 12.4. The lowest BCUT2D eigenvalue weighted by Crippen LogP contribution is -2.56. The summed E-state index contributed by atoms with van der Waals surface area (Å²) in [7, 11) is 0. The largest absolute Gasteiger partial charge is 0.487 e. The summed E-state index contributed by atoms with van der Waals surface area (Å²) >= 11 is 0. The zero-order valence-electron chi connectivity index (χ0n) is 18.6. The Hall–Kier alpha value is -3.94. The first-order chi connectivity index (χ1) is 16.0. The Morgan fingerprint density at radius 3 is 2.52 bits per heavy atom. The van der Waals surface area contributed by atoms with Crippen molar-refractivity contribution in [3.8, 4) is 28.6 Å². The fourth-order valence-corrected chi connectivity index (χ4v) is 3.89. The van der Waals surface area contributed by atoms with Crippen LogP contribution in [0, 0.1) is 13.8 Å². The van der Waals surface area contributed by atoms with E-state index in [0.717, 1.165) is 28.3 Å². The van der Waals surface area contributed by atoms with Gasteiger partial charge in [-0.1, -0.05) is 35.5 Å². The number of ether oxygens (including phenoxy) is 1. The fraction of sp³-hybridized carbons (Fsp3) is 0.280.